The highest BCUT2D eigenvalue weighted by atomic mass is 16.5. The summed E-state index contributed by atoms with van der Waals surface area (Å²) in [6.07, 6.45) is 4.63. The van der Waals surface area contributed by atoms with Crippen LogP contribution in [0.2, 0.25) is 0 Å². The van der Waals surface area contributed by atoms with E-state index in [-0.39, 0.29) is 0 Å². The van der Waals surface area contributed by atoms with Gasteiger partial charge in [-0.2, -0.15) is 0 Å². The summed E-state index contributed by atoms with van der Waals surface area (Å²) in [5, 5.41) is 9.74. The number of benzene rings is 1. The lowest BCUT2D eigenvalue weighted by atomic mass is 10.1. The molecule has 0 aromatic heterocycles. The highest BCUT2D eigenvalue weighted by molar-refractivity contribution is 5.41. The molecule has 0 spiro atoms. The molecular weight excluding hydrogens is 228 g/mol. The Morgan fingerprint density at radius 1 is 1.33 bits per heavy atom. The van der Waals surface area contributed by atoms with Crippen LogP contribution in [0.3, 0.4) is 0 Å². The third-order valence-corrected chi connectivity index (χ3v) is 3.62. The third kappa shape index (κ3) is 3.16. The Kier molecular flexibility index (Phi) is 4.48. The van der Waals surface area contributed by atoms with E-state index in [9.17, 15) is 5.11 Å². The van der Waals surface area contributed by atoms with Crippen LogP contribution in [0.4, 0.5) is 0 Å². The monoisotopic (exact) mass is 250 g/mol. The number of hydrogen-bond donors (Lipinski definition) is 1. The highest BCUT2D eigenvalue weighted by Gasteiger charge is 2.17. The fourth-order valence-corrected chi connectivity index (χ4v) is 2.50. The van der Waals surface area contributed by atoms with Gasteiger partial charge in [-0.05, 0) is 37.8 Å². The molecule has 1 aromatic rings. The predicted octanol–water partition coefficient (Wildman–Crippen LogP) is 3.32. The molecule has 2 rings (SSSR count). The molecule has 3 heteroatoms. The van der Waals surface area contributed by atoms with Crippen LogP contribution in [-0.2, 0) is 0 Å². The second kappa shape index (κ2) is 6.10. The van der Waals surface area contributed by atoms with E-state index in [1.165, 1.54) is 25.7 Å². The maximum absolute atomic E-state index is 9.74. The minimum absolute atomic E-state index is 0.519. The van der Waals surface area contributed by atoms with Gasteiger partial charge in [-0.15, -0.1) is 0 Å². The van der Waals surface area contributed by atoms with Crippen molar-refractivity contribution in [2.24, 2.45) is 5.92 Å². The molecule has 1 aliphatic carbocycles. The Labute approximate surface area is 109 Å². The molecule has 100 valence electrons. The zero-order valence-electron chi connectivity index (χ0n) is 11.2. The van der Waals surface area contributed by atoms with E-state index in [2.05, 4.69) is 0 Å². The van der Waals surface area contributed by atoms with E-state index < -0.39 is 6.10 Å². The molecule has 1 saturated carbocycles. The van der Waals surface area contributed by atoms with Crippen LogP contribution in [0.1, 0.15) is 44.3 Å². The van der Waals surface area contributed by atoms with Crippen LogP contribution < -0.4 is 9.47 Å². The molecule has 0 aliphatic heterocycles. The maximum Gasteiger partial charge on any atom is 0.128 e. The molecule has 1 aliphatic rings. The lowest BCUT2D eigenvalue weighted by Crippen LogP contribution is -2.10. The molecule has 3 nitrogen and oxygen atoms in total. The normalized spacial score (nSPS) is 17.7. The first kappa shape index (κ1) is 13.2. The largest absolute Gasteiger partial charge is 0.497 e. The molecule has 0 amide bonds. The van der Waals surface area contributed by atoms with Gasteiger partial charge in [-0.1, -0.05) is 12.8 Å². The highest BCUT2D eigenvalue weighted by Crippen LogP contribution is 2.31. The van der Waals surface area contributed by atoms with Gasteiger partial charge in [0.05, 0.1) is 19.8 Å². The summed E-state index contributed by atoms with van der Waals surface area (Å²) in [6.45, 7) is 2.50. The van der Waals surface area contributed by atoms with Crippen molar-refractivity contribution < 1.29 is 14.6 Å². The Bertz CT molecular complexity index is 381. The summed E-state index contributed by atoms with van der Waals surface area (Å²) >= 11 is 0. The molecule has 1 N–H and O–H groups in total. The summed E-state index contributed by atoms with van der Waals surface area (Å²) in [7, 11) is 1.64. The van der Waals surface area contributed by atoms with Crippen LogP contribution >= 0.6 is 0 Å². The minimum Gasteiger partial charge on any atom is -0.497 e. The first-order valence-electron chi connectivity index (χ1n) is 6.69. The fraction of sp³-hybridized carbons (Fsp3) is 0.600. The molecule has 0 bridgehead atoms. The van der Waals surface area contributed by atoms with Crippen LogP contribution in [0.25, 0.3) is 0 Å². The first-order valence-corrected chi connectivity index (χ1v) is 6.69. The quantitative estimate of drug-likeness (QED) is 0.871. The Morgan fingerprint density at radius 3 is 2.67 bits per heavy atom. The average Bonchev–Trinajstić information content (AvgIpc) is 2.88. The third-order valence-electron chi connectivity index (χ3n) is 3.62. The van der Waals surface area contributed by atoms with E-state index in [1.54, 1.807) is 14.0 Å². The topological polar surface area (TPSA) is 38.7 Å². The second-order valence-electron chi connectivity index (χ2n) is 5.04. The van der Waals surface area contributed by atoms with Crippen molar-refractivity contribution in [2.75, 3.05) is 13.7 Å². The van der Waals surface area contributed by atoms with Gasteiger partial charge in [0, 0.05) is 11.6 Å². The van der Waals surface area contributed by atoms with Gasteiger partial charge in [0.25, 0.3) is 0 Å². The van der Waals surface area contributed by atoms with Crippen molar-refractivity contribution in [1.29, 1.82) is 0 Å². The maximum atomic E-state index is 9.74. The van der Waals surface area contributed by atoms with Gasteiger partial charge in [-0.25, -0.2) is 0 Å². The summed E-state index contributed by atoms with van der Waals surface area (Å²) in [5.41, 5.74) is 0.828. The summed E-state index contributed by atoms with van der Waals surface area (Å²) in [4.78, 5) is 0. The van der Waals surface area contributed by atoms with Gasteiger partial charge in [0.2, 0.25) is 0 Å². The summed E-state index contributed by atoms with van der Waals surface area (Å²) < 4.78 is 11.1. The van der Waals surface area contributed by atoms with Crippen molar-refractivity contribution in [2.45, 2.75) is 38.7 Å². The molecule has 1 aromatic carbocycles. The smallest absolute Gasteiger partial charge is 0.128 e. The number of hydrogen-bond acceptors (Lipinski definition) is 3. The van der Waals surface area contributed by atoms with E-state index >= 15 is 0 Å². The molecule has 0 saturated heterocycles. The van der Waals surface area contributed by atoms with Gasteiger partial charge < -0.3 is 14.6 Å². The summed E-state index contributed by atoms with van der Waals surface area (Å²) in [6, 6.07) is 5.58. The van der Waals surface area contributed by atoms with E-state index in [4.69, 9.17) is 9.47 Å². The molecule has 0 radical (unpaired) electrons. The lowest BCUT2D eigenvalue weighted by molar-refractivity contribution is 0.186. The number of ether oxygens (including phenoxy) is 2. The molecule has 0 heterocycles. The van der Waals surface area contributed by atoms with E-state index in [1.807, 2.05) is 18.2 Å². The van der Waals surface area contributed by atoms with E-state index in [0.717, 1.165) is 23.7 Å². The van der Waals surface area contributed by atoms with Crippen molar-refractivity contribution >= 4 is 0 Å². The Balaban J connectivity index is 2.07. The van der Waals surface area contributed by atoms with Gasteiger partial charge in [0.15, 0.2) is 0 Å². The van der Waals surface area contributed by atoms with Crippen LogP contribution in [0.15, 0.2) is 18.2 Å². The zero-order valence-corrected chi connectivity index (χ0v) is 11.2. The van der Waals surface area contributed by atoms with Gasteiger partial charge in [-0.3, -0.25) is 0 Å². The van der Waals surface area contributed by atoms with Crippen molar-refractivity contribution in [3.8, 4) is 11.5 Å². The van der Waals surface area contributed by atoms with E-state index in [0.29, 0.717) is 5.92 Å². The molecule has 18 heavy (non-hydrogen) atoms. The Morgan fingerprint density at radius 2 is 2.06 bits per heavy atom. The lowest BCUT2D eigenvalue weighted by Gasteiger charge is -2.17. The molecule has 1 atom stereocenters. The molecular formula is C15H22O3. The standard InChI is InChI=1S/C15H22O3/c1-11(16)14-8-7-13(17-2)9-15(14)18-10-12-5-3-4-6-12/h7-9,11-12,16H,3-6,10H2,1-2H3/t11-/m0/s1. The first-order chi connectivity index (χ1) is 8.70. The second-order valence-corrected chi connectivity index (χ2v) is 5.04. The number of methoxy groups -OCH3 is 1. The predicted molar refractivity (Wildman–Crippen MR) is 71.1 cm³/mol. The van der Waals surface area contributed by atoms with Crippen molar-refractivity contribution in [1.82, 2.24) is 0 Å². The van der Waals surface area contributed by atoms with Crippen LogP contribution in [0.5, 0.6) is 11.5 Å². The zero-order chi connectivity index (χ0) is 13.0. The average molecular weight is 250 g/mol. The van der Waals surface area contributed by atoms with Crippen LogP contribution in [-0.4, -0.2) is 18.8 Å². The number of aliphatic hydroxyl groups excluding tert-OH is 1. The Hall–Kier alpha value is -1.22. The number of aliphatic hydroxyl groups is 1. The minimum atomic E-state index is -0.519. The van der Waals surface area contributed by atoms with Gasteiger partial charge >= 0.3 is 0 Å². The van der Waals surface area contributed by atoms with Gasteiger partial charge in [0.1, 0.15) is 11.5 Å². The van der Waals surface area contributed by atoms with Crippen molar-refractivity contribution in [3.63, 3.8) is 0 Å². The van der Waals surface area contributed by atoms with Crippen LogP contribution in [0, 0.1) is 5.92 Å². The SMILES string of the molecule is COc1ccc([C@H](C)O)c(OCC2CCCC2)c1. The molecule has 0 unspecified atom stereocenters. The summed E-state index contributed by atoms with van der Waals surface area (Å²) in [5.74, 6) is 2.18. The fourth-order valence-electron chi connectivity index (χ4n) is 2.50. The van der Waals surface area contributed by atoms with Crippen molar-refractivity contribution in [3.05, 3.63) is 23.8 Å². The molecule has 1 fully saturated rings. The number of rotatable bonds is 5.